The summed E-state index contributed by atoms with van der Waals surface area (Å²) in [6, 6.07) is 5.83. The maximum absolute atomic E-state index is 13.2. The Kier molecular flexibility index (Phi) is 6.93. The summed E-state index contributed by atoms with van der Waals surface area (Å²) in [5, 5.41) is 3.62. The Morgan fingerprint density at radius 3 is 2.38 bits per heavy atom. The van der Waals surface area contributed by atoms with Gasteiger partial charge in [0.15, 0.2) is 0 Å². The highest BCUT2D eigenvalue weighted by Crippen LogP contribution is 2.37. The highest BCUT2D eigenvalue weighted by atomic mass is 32.1. The average molecular weight is 532 g/mol. The highest BCUT2D eigenvalue weighted by molar-refractivity contribution is 7.14. The average Bonchev–Trinajstić information content (AvgIpc) is 3.36. The number of nitrogens with one attached hydrogen (secondary N) is 1. The minimum absolute atomic E-state index is 0.0705. The van der Waals surface area contributed by atoms with Crippen molar-refractivity contribution in [3.63, 3.8) is 0 Å². The molecule has 5 rings (SSSR count). The zero-order valence-corrected chi connectivity index (χ0v) is 21.6. The van der Waals surface area contributed by atoms with Crippen molar-refractivity contribution in [2.45, 2.75) is 69.9 Å². The summed E-state index contributed by atoms with van der Waals surface area (Å²) >= 11 is 1.53. The highest BCUT2D eigenvalue weighted by Gasteiger charge is 2.39. The maximum atomic E-state index is 13.2. The molecule has 0 aliphatic carbocycles. The van der Waals surface area contributed by atoms with Gasteiger partial charge in [-0.1, -0.05) is 0 Å². The number of ether oxygens (including phenoxy) is 1. The molecule has 4 atom stereocenters. The molecule has 2 fully saturated rings. The second-order valence-electron chi connectivity index (χ2n) is 9.82. The standard InChI is InChI=1S/C26H28F3N5O2S/c1-14-11-30-24(37-14)17-6-16(7-21(8-17)36-22-9-19-4-5-20(10-22)34(19)3)23(35)33-15(2)18-12-31-25(32-13-18)26(27,28)29/h6-8,11-13,15,19-20,22H,4-5,9-10H2,1-3H3,(H,33,35)/t15-,19-,20+,22-/m1/s1. The van der Waals surface area contributed by atoms with Crippen molar-refractivity contribution in [1.82, 2.24) is 25.2 Å². The largest absolute Gasteiger partial charge is 0.490 e. The first-order valence-electron chi connectivity index (χ1n) is 12.2. The minimum atomic E-state index is -4.62. The van der Waals surface area contributed by atoms with Crippen LogP contribution in [-0.2, 0) is 6.18 Å². The number of hydrogen-bond acceptors (Lipinski definition) is 7. The molecule has 11 heteroatoms. The molecule has 2 bridgehead atoms. The SMILES string of the molecule is Cc1cnc(-c2cc(O[C@@H]3C[C@H]4CC[C@@H](C3)N4C)cc(C(=O)N[C@H](C)c3cnc(C(F)(F)F)nc3)c2)s1. The van der Waals surface area contributed by atoms with E-state index in [1.165, 1.54) is 24.2 Å². The lowest BCUT2D eigenvalue weighted by Crippen LogP contribution is -2.43. The normalized spacial score (nSPS) is 22.6. The van der Waals surface area contributed by atoms with Gasteiger partial charge in [-0.2, -0.15) is 13.2 Å². The van der Waals surface area contributed by atoms with Crippen LogP contribution in [0.4, 0.5) is 13.2 Å². The molecule has 1 amide bonds. The van der Waals surface area contributed by atoms with Crippen LogP contribution in [0.1, 0.15) is 65.3 Å². The van der Waals surface area contributed by atoms with E-state index in [2.05, 4.69) is 32.2 Å². The number of carbonyl (C=O) groups is 1. The van der Waals surface area contributed by atoms with Crippen LogP contribution in [-0.4, -0.2) is 51.0 Å². The molecule has 2 aliphatic rings. The molecule has 2 saturated heterocycles. The number of carbonyl (C=O) groups excluding carboxylic acids is 1. The Morgan fingerprint density at radius 1 is 1.11 bits per heavy atom. The summed E-state index contributed by atoms with van der Waals surface area (Å²) in [7, 11) is 2.18. The predicted octanol–water partition coefficient (Wildman–Crippen LogP) is 5.42. The predicted molar refractivity (Wildman–Crippen MR) is 133 cm³/mol. The third-order valence-corrected chi connectivity index (χ3v) is 8.13. The van der Waals surface area contributed by atoms with Gasteiger partial charge in [0.2, 0.25) is 5.82 Å². The number of aromatic nitrogens is 3. The van der Waals surface area contributed by atoms with Crippen molar-refractivity contribution in [2.75, 3.05) is 7.05 Å². The van der Waals surface area contributed by atoms with Gasteiger partial charge in [0.1, 0.15) is 16.9 Å². The molecular formula is C26H28F3N5O2S. The van der Waals surface area contributed by atoms with Gasteiger partial charge in [-0.05, 0) is 64.8 Å². The minimum Gasteiger partial charge on any atom is -0.490 e. The molecule has 0 unspecified atom stereocenters. The van der Waals surface area contributed by atoms with E-state index in [0.717, 1.165) is 40.7 Å². The van der Waals surface area contributed by atoms with Crippen molar-refractivity contribution in [3.05, 3.63) is 58.6 Å². The zero-order chi connectivity index (χ0) is 26.3. The summed E-state index contributed by atoms with van der Waals surface area (Å²) in [5.41, 5.74) is 1.53. The van der Waals surface area contributed by atoms with Gasteiger partial charge >= 0.3 is 6.18 Å². The summed E-state index contributed by atoms with van der Waals surface area (Å²) in [6.45, 7) is 3.64. The molecule has 37 heavy (non-hydrogen) atoms. The quantitative estimate of drug-likeness (QED) is 0.458. The number of alkyl halides is 3. The third kappa shape index (κ3) is 5.62. The van der Waals surface area contributed by atoms with Crippen LogP contribution >= 0.6 is 11.3 Å². The van der Waals surface area contributed by atoms with E-state index in [0.29, 0.717) is 29.0 Å². The van der Waals surface area contributed by atoms with Crippen molar-refractivity contribution in [3.8, 4) is 16.3 Å². The molecule has 7 nitrogen and oxygen atoms in total. The molecule has 2 aromatic heterocycles. The van der Waals surface area contributed by atoms with E-state index in [-0.39, 0.29) is 12.0 Å². The van der Waals surface area contributed by atoms with Crippen molar-refractivity contribution in [1.29, 1.82) is 0 Å². The number of aryl methyl sites for hydroxylation is 1. The van der Waals surface area contributed by atoms with Gasteiger partial charge < -0.3 is 15.0 Å². The summed E-state index contributed by atoms with van der Waals surface area (Å²) in [6.07, 6.45) is 3.65. The number of halogens is 3. The van der Waals surface area contributed by atoms with E-state index in [1.54, 1.807) is 25.3 Å². The Balaban J connectivity index is 1.37. The molecule has 1 N–H and O–H groups in total. The Morgan fingerprint density at radius 2 is 1.78 bits per heavy atom. The Hall–Kier alpha value is -3.05. The lowest BCUT2D eigenvalue weighted by molar-refractivity contribution is -0.145. The molecule has 2 aliphatic heterocycles. The monoisotopic (exact) mass is 531 g/mol. The molecule has 1 aromatic carbocycles. The molecule has 0 saturated carbocycles. The van der Waals surface area contributed by atoms with Crippen LogP contribution < -0.4 is 10.1 Å². The van der Waals surface area contributed by atoms with Gasteiger partial charge in [0.25, 0.3) is 5.91 Å². The van der Waals surface area contributed by atoms with Crippen LogP contribution in [0.5, 0.6) is 5.75 Å². The lowest BCUT2D eigenvalue weighted by Gasteiger charge is -2.36. The summed E-state index contributed by atoms with van der Waals surface area (Å²) in [4.78, 5) is 28.0. The van der Waals surface area contributed by atoms with E-state index < -0.39 is 18.0 Å². The van der Waals surface area contributed by atoms with Gasteiger partial charge in [-0.15, -0.1) is 11.3 Å². The first-order chi connectivity index (χ1) is 17.6. The Labute approximate surface area is 217 Å². The van der Waals surface area contributed by atoms with Crippen LogP contribution in [0.2, 0.25) is 0 Å². The van der Waals surface area contributed by atoms with Crippen LogP contribution in [0.25, 0.3) is 10.6 Å². The topological polar surface area (TPSA) is 80.2 Å². The van der Waals surface area contributed by atoms with Gasteiger partial charge in [-0.3, -0.25) is 4.79 Å². The van der Waals surface area contributed by atoms with E-state index in [1.807, 2.05) is 13.0 Å². The first-order valence-corrected chi connectivity index (χ1v) is 13.0. The zero-order valence-electron chi connectivity index (χ0n) is 20.7. The van der Waals surface area contributed by atoms with Crippen LogP contribution in [0, 0.1) is 6.92 Å². The van der Waals surface area contributed by atoms with Crippen LogP contribution in [0.3, 0.4) is 0 Å². The molecule has 4 heterocycles. The van der Waals surface area contributed by atoms with Gasteiger partial charge in [0, 0.05) is 52.2 Å². The number of rotatable bonds is 6. The van der Waals surface area contributed by atoms with E-state index in [9.17, 15) is 18.0 Å². The fourth-order valence-corrected chi connectivity index (χ4v) is 5.88. The number of piperidine rings is 1. The smallest absolute Gasteiger partial charge is 0.451 e. The van der Waals surface area contributed by atoms with E-state index >= 15 is 0 Å². The molecule has 0 radical (unpaired) electrons. The number of thiazole rings is 1. The summed E-state index contributed by atoms with van der Waals surface area (Å²) < 4.78 is 44.8. The van der Waals surface area contributed by atoms with Crippen molar-refractivity contribution in [2.24, 2.45) is 0 Å². The number of nitrogens with zero attached hydrogens (tertiary/aromatic N) is 4. The second kappa shape index (κ2) is 10.0. The second-order valence-corrected chi connectivity index (χ2v) is 11.1. The number of benzene rings is 1. The molecule has 3 aromatic rings. The first kappa shape index (κ1) is 25.6. The number of amides is 1. The number of fused-ring (bicyclic) bond motifs is 2. The van der Waals surface area contributed by atoms with Gasteiger partial charge in [0.05, 0.1) is 6.04 Å². The van der Waals surface area contributed by atoms with Gasteiger partial charge in [-0.25, -0.2) is 15.0 Å². The summed E-state index contributed by atoms with van der Waals surface area (Å²) in [5.74, 6) is -0.990. The molecule has 196 valence electrons. The fourth-order valence-electron chi connectivity index (χ4n) is 5.13. The molecule has 0 spiro atoms. The third-order valence-electron chi connectivity index (χ3n) is 7.17. The Bertz CT molecular complexity index is 1270. The van der Waals surface area contributed by atoms with Crippen molar-refractivity contribution >= 4 is 17.2 Å². The fraction of sp³-hybridized carbons (Fsp3) is 0.462. The molecular weight excluding hydrogens is 503 g/mol. The van der Waals surface area contributed by atoms with Crippen LogP contribution in [0.15, 0.2) is 36.8 Å². The lowest BCUT2D eigenvalue weighted by atomic mass is 10.0. The van der Waals surface area contributed by atoms with Crippen molar-refractivity contribution < 1.29 is 22.7 Å². The van der Waals surface area contributed by atoms with E-state index in [4.69, 9.17) is 4.74 Å². The number of hydrogen-bond donors (Lipinski definition) is 1. The maximum Gasteiger partial charge on any atom is 0.451 e.